The summed E-state index contributed by atoms with van der Waals surface area (Å²) in [5, 5.41) is 0. The van der Waals surface area contributed by atoms with Gasteiger partial charge in [0.2, 0.25) is 17.7 Å². The maximum absolute atomic E-state index is 13.1. The van der Waals surface area contributed by atoms with Gasteiger partial charge in [-0.3, -0.25) is 9.59 Å². The predicted molar refractivity (Wildman–Crippen MR) is 104 cm³/mol. The number of hydrogen-bond acceptors (Lipinski definition) is 5. The van der Waals surface area contributed by atoms with Gasteiger partial charge in [0, 0.05) is 30.9 Å². The number of alkyl halides is 3. The molecule has 0 spiro atoms. The smallest absolute Gasteiger partial charge is 0.421 e. The highest BCUT2D eigenvalue weighted by Gasteiger charge is 2.43. The topological polar surface area (TPSA) is 72.0 Å². The van der Waals surface area contributed by atoms with E-state index in [1.807, 2.05) is 0 Å². The van der Waals surface area contributed by atoms with Gasteiger partial charge in [0.25, 0.3) is 0 Å². The summed E-state index contributed by atoms with van der Waals surface area (Å²) in [5.41, 5.74) is -0.297. The summed E-state index contributed by atoms with van der Waals surface area (Å²) in [6.07, 6.45) is -3.84. The van der Waals surface area contributed by atoms with Crippen LogP contribution >= 0.6 is 0 Å². The van der Waals surface area contributed by atoms with Gasteiger partial charge in [0.05, 0.1) is 26.1 Å². The van der Waals surface area contributed by atoms with E-state index in [1.165, 1.54) is 24.3 Å². The molecule has 2 fully saturated rings. The van der Waals surface area contributed by atoms with Gasteiger partial charge in [-0.2, -0.15) is 13.2 Å². The maximum Gasteiger partial charge on any atom is 0.421 e. The van der Waals surface area contributed by atoms with Crippen LogP contribution in [0.25, 0.3) is 0 Å². The Bertz CT molecular complexity index is 992. The molecule has 2 aliphatic rings. The Hall–Kier alpha value is -3.30. The SMILES string of the molecule is COc1cccc(N2CC(C(=O)N3CC(Oc4ncccc4C(F)(F)F)C3)CC2=O)c1. The summed E-state index contributed by atoms with van der Waals surface area (Å²) in [7, 11) is 1.53. The summed E-state index contributed by atoms with van der Waals surface area (Å²) >= 11 is 0. The molecule has 1 aromatic carbocycles. The van der Waals surface area contributed by atoms with Crippen LogP contribution in [0, 0.1) is 5.92 Å². The van der Waals surface area contributed by atoms with Crippen molar-refractivity contribution < 1.29 is 32.2 Å². The molecular weight excluding hydrogens is 415 g/mol. The van der Waals surface area contributed by atoms with Crippen LogP contribution in [0.5, 0.6) is 11.6 Å². The number of amides is 2. The van der Waals surface area contributed by atoms with Crippen LogP contribution in [-0.4, -0.2) is 54.5 Å². The number of pyridine rings is 1. The zero-order chi connectivity index (χ0) is 22.2. The minimum Gasteiger partial charge on any atom is -0.497 e. The lowest BCUT2D eigenvalue weighted by molar-refractivity contribution is -0.147. The molecule has 1 unspecified atom stereocenters. The highest BCUT2D eigenvalue weighted by atomic mass is 19.4. The molecule has 0 radical (unpaired) electrons. The van der Waals surface area contributed by atoms with Gasteiger partial charge < -0.3 is 19.3 Å². The third-order valence-electron chi connectivity index (χ3n) is 5.35. The molecule has 2 amide bonds. The molecule has 7 nitrogen and oxygen atoms in total. The van der Waals surface area contributed by atoms with Crippen molar-refractivity contribution in [3.63, 3.8) is 0 Å². The second-order valence-electron chi connectivity index (χ2n) is 7.44. The number of methoxy groups -OCH3 is 1. The molecule has 10 heteroatoms. The number of carbonyl (C=O) groups is 2. The number of ether oxygens (including phenoxy) is 2. The number of carbonyl (C=O) groups excluding carboxylic acids is 2. The first-order valence-electron chi connectivity index (χ1n) is 9.68. The van der Waals surface area contributed by atoms with E-state index in [1.54, 1.807) is 29.2 Å². The highest BCUT2D eigenvalue weighted by molar-refractivity contribution is 6.00. The first kappa shape index (κ1) is 21.0. The van der Waals surface area contributed by atoms with Gasteiger partial charge in [0.15, 0.2) is 0 Å². The quantitative estimate of drug-likeness (QED) is 0.722. The zero-order valence-corrected chi connectivity index (χ0v) is 16.6. The second-order valence-corrected chi connectivity index (χ2v) is 7.44. The van der Waals surface area contributed by atoms with Crippen molar-refractivity contribution in [3.8, 4) is 11.6 Å². The van der Waals surface area contributed by atoms with Crippen molar-refractivity contribution in [1.82, 2.24) is 9.88 Å². The van der Waals surface area contributed by atoms with Gasteiger partial charge in [-0.15, -0.1) is 0 Å². The molecule has 1 atom stereocenters. The van der Waals surface area contributed by atoms with E-state index in [9.17, 15) is 22.8 Å². The maximum atomic E-state index is 13.1. The number of rotatable bonds is 5. The Labute approximate surface area is 176 Å². The van der Waals surface area contributed by atoms with Crippen LogP contribution < -0.4 is 14.4 Å². The normalized spacial score (nSPS) is 19.4. The molecule has 0 N–H and O–H groups in total. The van der Waals surface area contributed by atoms with Crippen LogP contribution in [0.3, 0.4) is 0 Å². The third-order valence-corrected chi connectivity index (χ3v) is 5.35. The van der Waals surface area contributed by atoms with Gasteiger partial charge in [-0.1, -0.05) is 6.07 Å². The van der Waals surface area contributed by atoms with E-state index in [2.05, 4.69) is 4.98 Å². The Morgan fingerprint density at radius 1 is 1.16 bits per heavy atom. The molecule has 4 rings (SSSR count). The lowest BCUT2D eigenvalue weighted by atomic mass is 10.0. The van der Waals surface area contributed by atoms with Crippen LogP contribution in [0.1, 0.15) is 12.0 Å². The molecule has 2 aliphatic heterocycles. The Morgan fingerprint density at radius 3 is 2.65 bits per heavy atom. The third kappa shape index (κ3) is 4.28. The van der Waals surface area contributed by atoms with E-state index >= 15 is 0 Å². The van der Waals surface area contributed by atoms with Crippen LogP contribution in [0.4, 0.5) is 18.9 Å². The fourth-order valence-corrected chi connectivity index (χ4v) is 3.71. The molecule has 3 heterocycles. The van der Waals surface area contributed by atoms with E-state index in [0.29, 0.717) is 11.4 Å². The van der Waals surface area contributed by atoms with Crippen molar-refractivity contribution in [2.45, 2.75) is 18.7 Å². The molecule has 0 aliphatic carbocycles. The van der Waals surface area contributed by atoms with Crippen LogP contribution in [0.15, 0.2) is 42.6 Å². The van der Waals surface area contributed by atoms with Crippen molar-refractivity contribution in [2.75, 3.05) is 31.6 Å². The lowest BCUT2D eigenvalue weighted by Crippen LogP contribution is -2.58. The van der Waals surface area contributed by atoms with E-state index < -0.39 is 29.6 Å². The molecule has 0 bridgehead atoms. The Kier molecular flexibility index (Phi) is 5.47. The van der Waals surface area contributed by atoms with Crippen molar-refractivity contribution in [1.29, 1.82) is 0 Å². The average Bonchev–Trinajstić information content (AvgIpc) is 3.11. The summed E-state index contributed by atoms with van der Waals surface area (Å²) in [5.74, 6) is -0.776. The van der Waals surface area contributed by atoms with E-state index in [0.717, 1.165) is 6.07 Å². The van der Waals surface area contributed by atoms with Crippen LogP contribution in [-0.2, 0) is 15.8 Å². The summed E-state index contributed by atoms with van der Waals surface area (Å²) in [6.45, 7) is 0.540. The minimum atomic E-state index is -4.57. The number of halogens is 3. The number of hydrogen-bond donors (Lipinski definition) is 0. The minimum absolute atomic E-state index is 0.0799. The summed E-state index contributed by atoms with van der Waals surface area (Å²) in [6, 6.07) is 9.12. The first-order valence-corrected chi connectivity index (χ1v) is 9.68. The molecule has 31 heavy (non-hydrogen) atoms. The Morgan fingerprint density at radius 2 is 1.94 bits per heavy atom. The van der Waals surface area contributed by atoms with Gasteiger partial charge >= 0.3 is 6.18 Å². The zero-order valence-electron chi connectivity index (χ0n) is 16.6. The standard InChI is InChI=1S/C21H20F3N3O4/c1-30-15-5-2-4-14(9-15)27-10-13(8-18(27)28)20(29)26-11-16(12-26)31-19-17(21(22,23)24)6-3-7-25-19/h2-7,9,13,16H,8,10-12H2,1H3. The van der Waals surface area contributed by atoms with Crippen molar-refractivity contribution >= 4 is 17.5 Å². The monoisotopic (exact) mass is 435 g/mol. The number of nitrogens with zero attached hydrogens (tertiary/aromatic N) is 3. The molecule has 2 aromatic rings. The average molecular weight is 435 g/mol. The number of benzene rings is 1. The number of anilines is 1. The highest BCUT2D eigenvalue weighted by Crippen LogP contribution is 2.36. The molecular formula is C21H20F3N3O4. The lowest BCUT2D eigenvalue weighted by Gasteiger charge is -2.40. The second kappa shape index (κ2) is 8.09. The molecule has 0 saturated carbocycles. The fourth-order valence-electron chi connectivity index (χ4n) is 3.71. The number of aromatic nitrogens is 1. The van der Waals surface area contributed by atoms with Gasteiger partial charge in [-0.25, -0.2) is 4.98 Å². The van der Waals surface area contributed by atoms with E-state index in [4.69, 9.17) is 9.47 Å². The van der Waals surface area contributed by atoms with Crippen LogP contribution in [0.2, 0.25) is 0 Å². The Balaban J connectivity index is 1.35. The summed E-state index contributed by atoms with van der Waals surface area (Å²) in [4.78, 5) is 31.9. The van der Waals surface area contributed by atoms with Crippen molar-refractivity contribution in [3.05, 3.63) is 48.2 Å². The molecule has 1 aromatic heterocycles. The van der Waals surface area contributed by atoms with Gasteiger partial charge in [-0.05, 0) is 24.3 Å². The summed E-state index contributed by atoms with van der Waals surface area (Å²) < 4.78 is 49.7. The van der Waals surface area contributed by atoms with E-state index in [-0.39, 0.29) is 37.9 Å². The molecule has 2 saturated heterocycles. The fraction of sp³-hybridized carbons (Fsp3) is 0.381. The largest absolute Gasteiger partial charge is 0.497 e. The predicted octanol–water partition coefficient (Wildman–Crippen LogP) is 2.75. The first-order chi connectivity index (χ1) is 14.8. The van der Waals surface area contributed by atoms with Gasteiger partial charge in [0.1, 0.15) is 17.4 Å². The molecule has 164 valence electrons. The number of likely N-dealkylation sites (tertiary alicyclic amines) is 1. The van der Waals surface area contributed by atoms with Crippen molar-refractivity contribution in [2.24, 2.45) is 5.92 Å².